The van der Waals surface area contributed by atoms with Gasteiger partial charge in [0.2, 0.25) is 0 Å². The van der Waals surface area contributed by atoms with Gasteiger partial charge in [-0.15, -0.1) is 11.3 Å². The van der Waals surface area contributed by atoms with Crippen LogP contribution in [-0.2, 0) is 4.74 Å². The van der Waals surface area contributed by atoms with Crippen molar-refractivity contribution >= 4 is 27.3 Å². The standard InChI is InChI=1S/C14H23BrN2OS/c1-3-11(16)14(12-6-7-13(15)19-12)17(2)9-10-5-4-8-18-10/h6-7,10-11,14H,3-5,8-9,16H2,1-2H3. The van der Waals surface area contributed by atoms with Gasteiger partial charge < -0.3 is 10.5 Å². The minimum Gasteiger partial charge on any atom is -0.377 e. The molecule has 0 aromatic carbocycles. The lowest BCUT2D eigenvalue weighted by Gasteiger charge is -2.33. The highest BCUT2D eigenvalue weighted by Gasteiger charge is 2.27. The Balaban J connectivity index is 2.07. The molecule has 3 nitrogen and oxygen atoms in total. The molecule has 2 rings (SSSR count). The van der Waals surface area contributed by atoms with Crippen LogP contribution < -0.4 is 5.73 Å². The predicted molar refractivity (Wildman–Crippen MR) is 84.6 cm³/mol. The molecule has 2 N–H and O–H groups in total. The molecular weight excluding hydrogens is 324 g/mol. The molecule has 5 heteroatoms. The molecule has 3 atom stereocenters. The lowest BCUT2D eigenvalue weighted by molar-refractivity contribution is 0.0635. The summed E-state index contributed by atoms with van der Waals surface area (Å²) in [5.74, 6) is 0. The molecule has 0 bridgehead atoms. The molecule has 0 aliphatic carbocycles. The summed E-state index contributed by atoms with van der Waals surface area (Å²) in [6, 6.07) is 4.73. The van der Waals surface area contributed by atoms with Crippen LogP contribution in [0.1, 0.15) is 37.1 Å². The van der Waals surface area contributed by atoms with Crippen LogP contribution >= 0.6 is 27.3 Å². The van der Waals surface area contributed by atoms with Crippen LogP contribution in [-0.4, -0.2) is 37.2 Å². The van der Waals surface area contributed by atoms with E-state index in [2.05, 4.69) is 46.9 Å². The Kier molecular flexibility index (Phi) is 5.84. The van der Waals surface area contributed by atoms with Crippen LogP contribution in [0.4, 0.5) is 0 Å². The van der Waals surface area contributed by atoms with E-state index in [4.69, 9.17) is 10.5 Å². The molecule has 0 amide bonds. The van der Waals surface area contributed by atoms with E-state index >= 15 is 0 Å². The quantitative estimate of drug-likeness (QED) is 0.857. The number of ether oxygens (including phenoxy) is 1. The molecule has 19 heavy (non-hydrogen) atoms. The summed E-state index contributed by atoms with van der Waals surface area (Å²) in [5.41, 5.74) is 6.34. The summed E-state index contributed by atoms with van der Waals surface area (Å²) >= 11 is 5.32. The van der Waals surface area contributed by atoms with Crippen molar-refractivity contribution in [2.45, 2.75) is 44.4 Å². The first kappa shape index (κ1) is 15.4. The average molecular weight is 347 g/mol. The molecule has 1 aliphatic rings. The monoisotopic (exact) mass is 346 g/mol. The first-order valence-electron chi connectivity index (χ1n) is 6.94. The van der Waals surface area contributed by atoms with Gasteiger partial charge in [0.05, 0.1) is 15.9 Å². The van der Waals surface area contributed by atoms with Gasteiger partial charge in [0.1, 0.15) is 0 Å². The molecule has 1 aromatic heterocycles. The summed E-state index contributed by atoms with van der Waals surface area (Å²) in [6.45, 7) is 4.03. The smallest absolute Gasteiger partial charge is 0.0702 e. The maximum atomic E-state index is 6.34. The van der Waals surface area contributed by atoms with Gasteiger partial charge in [0.25, 0.3) is 0 Å². The fraction of sp³-hybridized carbons (Fsp3) is 0.714. The third-order valence-corrected chi connectivity index (χ3v) is 5.45. The highest BCUT2D eigenvalue weighted by Crippen LogP contribution is 2.33. The van der Waals surface area contributed by atoms with Gasteiger partial charge in [-0.05, 0) is 54.4 Å². The second kappa shape index (κ2) is 7.18. The largest absolute Gasteiger partial charge is 0.377 e. The van der Waals surface area contributed by atoms with E-state index in [-0.39, 0.29) is 12.1 Å². The molecule has 1 aliphatic heterocycles. The maximum absolute atomic E-state index is 6.34. The van der Waals surface area contributed by atoms with Gasteiger partial charge in [-0.2, -0.15) is 0 Å². The average Bonchev–Trinajstić information content (AvgIpc) is 3.01. The van der Waals surface area contributed by atoms with E-state index < -0.39 is 0 Å². The maximum Gasteiger partial charge on any atom is 0.0702 e. The van der Waals surface area contributed by atoms with Crippen molar-refractivity contribution in [1.82, 2.24) is 4.90 Å². The Morgan fingerprint density at radius 1 is 1.58 bits per heavy atom. The van der Waals surface area contributed by atoms with Gasteiger partial charge >= 0.3 is 0 Å². The summed E-state index contributed by atoms with van der Waals surface area (Å²) < 4.78 is 6.91. The van der Waals surface area contributed by atoms with Gasteiger partial charge in [-0.25, -0.2) is 0 Å². The minimum absolute atomic E-state index is 0.164. The highest BCUT2D eigenvalue weighted by molar-refractivity contribution is 9.11. The molecule has 1 saturated heterocycles. The molecular formula is C14H23BrN2OS. The van der Waals surface area contributed by atoms with E-state index in [1.807, 2.05) is 0 Å². The zero-order valence-corrected chi connectivity index (χ0v) is 14.0. The second-order valence-corrected chi connectivity index (χ2v) is 7.73. The molecule has 3 unspecified atom stereocenters. The van der Waals surface area contributed by atoms with Gasteiger partial charge in [0.15, 0.2) is 0 Å². The number of halogens is 1. The number of rotatable bonds is 6. The van der Waals surface area contributed by atoms with Crippen molar-refractivity contribution < 1.29 is 4.74 Å². The van der Waals surface area contributed by atoms with Crippen molar-refractivity contribution in [1.29, 1.82) is 0 Å². The topological polar surface area (TPSA) is 38.5 Å². The highest BCUT2D eigenvalue weighted by atomic mass is 79.9. The van der Waals surface area contributed by atoms with Crippen LogP contribution in [0.15, 0.2) is 15.9 Å². The first-order valence-corrected chi connectivity index (χ1v) is 8.55. The van der Waals surface area contributed by atoms with Crippen LogP contribution in [0.3, 0.4) is 0 Å². The Labute approximate surface area is 128 Å². The van der Waals surface area contributed by atoms with E-state index in [1.54, 1.807) is 11.3 Å². The van der Waals surface area contributed by atoms with E-state index in [0.29, 0.717) is 6.10 Å². The van der Waals surface area contributed by atoms with Crippen molar-refractivity contribution in [2.24, 2.45) is 5.73 Å². The zero-order chi connectivity index (χ0) is 13.8. The summed E-state index contributed by atoms with van der Waals surface area (Å²) in [4.78, 5) is 3.70. The fourth-order valence-corrected chi connectivity index (χ4v) is 4.35. The molecule has 0 spiro atoms. The number of hydrogen-bond donors (Lipinski definition) is 1. The van der Waals surface area contributed by atoms with Crippen LogP contribution in [0.5, 0.6) is 0 Å². The molecule has 0 saturated carbocycles. The first-order chi connectivity index (χ1) is 9.11. The number of likely N-dealkylation sites (N-methyl/N-ethyl adjacent to an activating group) is 1. The minimum atomic E-state index is 0.164. The Bertz CT molecular complexity index is 393. The van der Waals surface area contributed by atoms with Crippen LogP contribution in [0.25, 0.3) is 0 Å². The Morgan fingerprint density at radius 3 is 2.89 bits per heavy atom. The zero-order valence-electron chi connectivity index (χ0n) is 11.6. The number of hydrogen-bond acceptors (Lipinski definition) is 4. The lowest BCUT2D eigenvalue weighted by Crippen LogP contribution is -2.41. The van der Waals surface area contributed by atoms with Gasteiger partial charge in [-0.1, -0.05) is 6.92 Å². The molecule has 1 fully saturated rings. The van der Waals surface area contributed by atoms with Gasteiger partial charge in [-0.3, -0.25) is 4.90 Å². The summed E-state index contributed by atoms with van der Waals surface area (Å²) in [5, 5.41) is 0. The summed E-state index contributed by atoms with van der Waals surface area (Å²) in [7, 11) is 2.16. The number of nitrogens with two attached hydrogens (primary N) is 1. The van der Waals surface area contributed by atoms with Crippen LogP contribution in [0.2, 0.25) is 0 Å². The van der Waals surface area contributed by atoms with Crippen molar-refractivity contribution in [2.75, 3.05) is 20.2 Å². The molecule has 108 valence electrons. The molecule has 1 aromatic rings. The number of nitrogens with zero attached hydrogens (tertiary/aromatic N) is 1. The molecule has 0 radical (unpaired) electrons. The second-order valence-electron chi connectivity index (χ2n) is 5.23. The van der Waals surface area contributed by atoms with Gasteiger partial charge in [0, 0.05) is 24.1 Å². The van der Waals surface area contributed by atoms with Crippen molar-refractivity contribution in [3.63, 3.8) is 0 Å². The third kappa shape index (κ3) is 4.02. The fourth-order valence-electron chi connectivity index (χ4n) is 2.69. The lowest BCUT2D eigenvalue weighted by atomic mass is 10.0. The Hall–Kier alpha value is 0.0600. The van der Waals surface area contributed by atoms with Crippen molar-refractivity contribution in [3.8, 4) is 0 Å². The SMILES string of the molecule is CCC(N)C(c1ccc(Br)s1)N(C)CC1CCCO1. The molecule has 2 heterocycles. The number of thiophene rings is 1. The van der Waals surface area contributed by atoms with Crippen molar-refractivity contribution in [3.05, 3.63) is 20.8 Å². The van der Waals surface area contributed by atoms with E-state index in [0.717, 1.165) is 19.6 Å². The van der Waals surface area contributed by atoms with Crippen LogP contribution in [0, 0.1) is 0 Å². The normalized spacial score (nSPS) is 22.9. The Morgan fingerprint density at radius 2 is 2.37 bits per heavy atom. The third-order valence-electron chi connectivity index (χ3n) is 3.75. The predicted octanol–water partition coefficient (Wildman–Crippen LogP) is 3.40. The van der Waals surface area contributed by atoms with E-state index in [1.165, 1.54) is 21.5 Å². The van der Waals surface area contributed by atoms with E-state index in [9.17, 15) is 0 Å². The summed E-state index contributed by atoms with van der Waals surface area (Å²) in [6.07, 6.45) is 3.72.